The van der Waals surface area contributed by atoms with Crippen molar-refractivity contribution in [2.24, 2.45) is 5.92 Å². The van der Waals surface area contributed by atoms with E-state index in [0.717, 1.165) is 32.0 Å². The second kappa shape index (κ2) is 7.07. The normalized spacial score (nSPS) is 23.0. The molecule has 1 aliphatic carbocycles. The summed E-state index contributed by atoms with van der Waals surface area (Å²) in [7, 11) is 0. The van der Waals surface area contributed by atoms with E-state index in [0.29, 0.717) is 26.2 Å². The lowest BCUT2D eigenvalue weighted by Crippen LogP contribution is -2.53. The molecule has 0 aromatic carbocycles. The van der Waals surface area contributed by atoms with Crippen molar-refractivity contribution in [1.29, 1.82) is 0 Å². The molecular formula is C16H25N7O2. The Morgan fingerprint density at radius 2 is 1.60 bits per heavy atom. The summed E-state index contributed by atoms with van der Waals surface area (Å²) in [6, 6.07) is 0.797. The van der Waals surface area contributed by atoms with Crippen molar-refractivity contribution < 1.29 is 9.59 Å². The fraction of sp³-hybridized carbons (Fsp3) is 0.812. The Morgan fingerprint density at radius 3 is 2.20 bits per heavy atom. The van der Waals surface area contributed by atoms with E-state index < -0.39 is 0 Å². The number of carbonyl (C=O) groups is 2. The lowest BCUT2D eigenvalue weighted by Gasteiger charge is -2.38. The number of tetrazole rings is 1. The van der Waals surface area contributed by atoms with Crippen LogP contribution in [0.3, 0.4) is 0 Å². The van der Waals surface area contributed by atoms with Gasteiger partial charge >= 0.3 is 0 Å². The number of hydrogen-bond donors (Lipinski definition) is 0. The van der Waals surface area contributed by atoms with Crippen molar-refractivity contribution in [3.05, 3.63) is 6.33 Å². The fourth-order valence-electron chi connectivity index (χ4n) is 3.88. The Hall–Kier alpha value is -2.03. The third-order valence-electron chi connectivity index (χ3n) is 5.57. The minimum Gasteiger partial charge on any atom is -0.339 e. The SMILES string of the molecule is O=C(Cn1cnnn1)N1CCN(C(=O)C2CCN(C3CC3)CC2)CC1. The van der Waals surface area contributed by atoms with Crippen molar-refractivity contribution in [3.8, 4) is 0 Å². The summed E-state index contributed by atoms with van der Waals surface area (Å²) in [6.45, 7) is 4.71. The van der Waals surface area contributed by atoms with Crippen molar-refractivity contribution in [1.82, 2.24) is 34.9 Å². The summed E-state index contributed by atoms with van der Waals surface area (Å²) in [5.41, 5.74) is 0. The van der Waals surface area contributed by atoms with Crippen LogP contribution >= 0.6 is 0 Å². The summed E-state index contributed by atoms with van der Waals surface area (Å²) in [5.74, 6) is 0.443. The van der Waals surface area contributed by atoms with Crippen LogP contribution in [-0.2, 0) is 16.1 Å². The zero-order valence-electron chi connectivity index (χ0n) is 14.5. The molecule has 3 aliphatic rings. The standard InChI is InChI=1S/C16H25N7O2/c24-15(11-23-12-17-18-19-23)21-7-9-22(10-8-21)16(25)13-3-5-20(6-4-13)14-1-2-14/h12-14H,1-11H2. The van der Waals surface area contributed by atoms with Crippen molar-refractivity contribution in [2.75, 3.05) is 39.3 Å². The molecule has 3 fully saturated rings. The molecule has 0 atom stereocenters. The monoisotopic (exact) mass is 347 g/mol. The number of amides is 2. The van der Waals surface area contributed by atoms with Gasteiger partial charge in [0.1, 0.15) is 12.9 Å². The fourth-order valence-corrected chi connectivity index (χ4v) is 3.88. The number of aromatic nitrogens is 4. The lowest BCUT2D eigenvalue weighted by molar-refractivity contribution is -0.143. The van der Waals surface area contributed by atoms with E-state index in [2.05, 4.69) is 20.4 Å². The number of carbonyl (C=O) groups excluding carboxylic acids is 2. The number of nitrogens with zero attached hydrogens (tertiary/aromatic N) is 7. The smallest absolute Gasteiger partial charge is 0.244 e. The molecule has 1 saturated carbocycles. The summed E-state index contributed by atoms with van der Waals surface area (Å²) < 4.78 is 1.42. The topological polar surface area (TPSA) is 87.5 Å². The first-order valence-electron chi connectivity index (χ1n) is 9.22. The summed E-state index contributed by atoms with van der Waals surface area (Å²) in [4.78, 5) is 31.3. The maximum absolute atomic E-state index is 12.8. The van der Waals surface area contributed by atoms with Gasteiger partial charge in [0.05, 0.1) is 0 Å². The van der Waals surface area contributed by atoms with Crippen LogP contribution in [-0.4, -0.2) is 92.0 Å². The Labute approximate surface area is 146 Å². The molecule has 1 aromatic heterocycles. The van der Waals surface area contributed by atoms with Crippen molar-refractivity contribution in [2.45, 2.75) is 38.3 Å². The molecule has 0 unspecified atom stereocenters. The Morgan fingerprint density at radius 1 is 0.920 bits per heavy atom. The predicted octanol–water partition coefficient (Wildman–Crippen LogP) is -0.782. The second-order valence-electron chi connectivity index (χ2n) is 7.25. The van der Waals surface area contributed by atoms with Gasteiger partial charge in [0.25, 0.3) is 0 Å². The third kappa shape index (κ3) is 3.81. The van der Waals surface area contributed by atoms with Crippen LogP contribution in [0.25, 0.3) is 0 Å². The first-order valence-corrected chi connectivity index (χ1v) is 9.22. The van der Waals surface area contributed by atoms with E-state index in [-0.39, 0.29) is 24.3 Å². The Balaban J connectivity index is 1.22. The molecule has 0 spiro atoms. The van der Waals surface area contributed by atoms with Gasteiger partial charge in [0.2, 0.25) is 11.8 Å². The third-order valence-corrected chi connectivity index (χ3v) is 5.57. The van der Waals surface area contributed by atoms with Gasteiger partial charge in [-0.05, 0) is 49.2 Å². The van der Waals surface area contributed by atoms with E-state index in [9.17, 15) is 9.59 Å². The van der Waals surface area contributed by atoms with Crippen molar-refractivity contribution >= 4 is 11.8 Å². The van der Waals surface area contributed by atoms with Gasteiger partial charge in [-0.1, -0.05) is 0 Å². The van der Waals surface area contributed by atoms with Gasteiger partial charge in [0.15, 0.2) is 0 Å². The van der Waals surface area contributed by atoms with Gasteiger partial charge in [-0.15, -0.1) is 5.10 Å². The first kappa shape index (κ1) is 16.4. The number of likely N-dealkylation sites (tertiary alicyclic amines) is 1. The van der Waals surface area contributed by atoms with Crippen LogP contribution in [0.15, 0.2) is 6.33 Å². The van der Waals surface area contributed by atoms with E-state index in [4.69, 9.17) is 0 Å². The molecule has 2 saturated heterocycles. The highest BCUT2D eigenvalue weighted by molar-refractivity contribution is 5.80. The van der Waals surface area contributed by atoms with Crippen molar-refractivity contribution in [3.63, 3.8) is 0 Å². The molecular weight excluding hydrogens is 322 g/mol. The van der Waals surface area contributed by atoms with Crippen LogP contribution in [0.5, 0.6) is 0 Å². The molecule has 9 heteroatoms. The molecule has 2 aliphatic heterocycles. The minimum atomic E-state index is -0.00265. The molecule has 3 heterocycles. The zero-order chi connectivity index (χ0) is 17.2. The van der Waals surface area contributed by atoms with Gasteiger partial charge in [-0.25, -0.2) is 4.68 Å². The minimum absolute atomic E-state index is 0.00265. The average Bonchev–Trinajstić information content (AvgIpc) is 3.39. The van der Waals surface area contributed by atoms with Gasteiger partial charge < -0.3 is 14.7 Å². The van der Waals surface area contributed by atoms with Crippen LogP contribution in [0.2, 0.25) is 0 Å². The Bertz CT molecular complexity index is 600. The lowest BCUT2D eigenvalue weighted by atomic mass is 9.95. The number of rotatable bonds is 4. The summed E-state index contributed by atoms with van der Waals surface area (Å²) in [6.07, 6.45) is 6.06. The van der Waals surface area contributed by atoms with E-state index in [1.165, 1.54) is 23.9 Å². The van der Waals surface area contributed by atoms with Gasteiger partial charge in [0, 0.05) is 38.1 Å². The van der Waals surface area contributed by atoms with Crippen LogP contribution in [0, 0.1) is 5.92 Å². The van der Waals surface area contributed by atoms with Crippen LogP contribution in [0.1, 0.15) is 25.7 Å². The molecule has 0 radical (unpaired) electrons. The highest BCUT2D eigenvalue weighted by Gasteiger charge is 2.35. The molecule has 25 heavy (non-hydrogen) atoms. The van der Waals surface area contributed by atoms with E-state index in [1.807, 2.05) is 4.90 Å². The average molecular weight is 347 g/mol. The summed E-state index contributed by atoms with van der Waals surface area (Å²) in [5, 5.41) is 10.8. The highest BCUT2D eigenvalue weighted by Crippen LogP contribution is 2.31. The summed E-state index contributed by atoms with van der Waals surface area (Å²) >= 11 is 0. The molecule has 136 valence electrons. The van der Waals surface area contributed by atoms with Gasteiger partial charge in [-0.3, -0.25) is 9.59 Å². The zero-order valence-corrected chi connectivity index (χ0v) is 14.5. The van der Waals surface area contributed by atoms with E-state index in [1.54, 1.807) is 4.90 Å². The van der Waals surface area contributed by atoms with Crippen LogP contribution in [0.4, 0.5) is 0 Å². The predicted molar refractivity (Wildman–Crippen MR) is 88.3 cm³/mol. The molecule has 1 aromatic rings. The highest BCUT2D eigenvalue weighted by atomic mass is 16.2. The maximum atomic E-state index is 12.8. The Kier molecular flexibility index (Phi) is 4.65. The molecule has 2 amide bonds. The molecule has 0 N–H and O–H groups in total. The number of hydrogen-bond acceptors (Lipinski definition) is 6. The number of piperidine rings is 1. The number of piperazine rings is 1. The molecule has 0 bridgehead atoms. The van der Waals surface area contributed by atoms with Gasteiger partial charge in [-0.2, -0.15) is 0 Å². The maximum Gasteiger partial charge on any atom is 0.244 e. The molecule has 4 rings (SSSR count). The first-order chi connectivity index (χ1) is 12.2. The quantitative estimate of drug-likeness (QED) is 0.710. The largest absolute Gasteiger partial charge is 0.339 e. The molecule has 9 nitrogen and oxygen atoms in total. The second-order valence-corrected chi connectivity index (χ2v) is 7.25. The van der Waals surface area contributed by atoms with Crippen LogP contribution < -0.4 is 0 Å². The van der Waals surface area contributed by atoms with E-state index >= 15 is 0 Å².